The highest BCUT2D eigenvalue weighted by atomic mass is 15.2. The van der Waals surface area contributed by atoms with Crippen molar-refractivity contribution in [2.24, 2.45) is 5.92 Å². The van der Waals surface area contributed by atoms with Crippen molar-refractivity contribution < 1.29 is 0 Å². The molecule has 422 valence electrons. The lowest BCUT2D eigenvalue weighted by atomic mass is 9.70. The van der Waals surface area contributed by atoms with E-state index < -0.39 is 10.8 Å². The van der Waals surface area contributed by atoms with Gasteiger partial charge in [-0.2, -0.15) is 0 Å². The molecule has 0 amide bonds. The monoisotopic (exact) mass is 1140 g/mol. The summed E-state index contributed by atoms with van der Waals surface area (Å²) in [7, 11) is 0. The van der Waals surface area contributed by atoms with Gasteiger partial charge in [-0.3, -0.25) is 0 Å². The average Bonchev–Trinajstić information content (AvgIpc) is 1.57. The molecule has 2 heteroatoms. The zero-order valence-corrected chi connectivity index (χ0v) is 50.4. The number of anilines is 3. The van der Waals surface area contributed by atoms with E-state index in [4.69, 9.17) is 0 Å². The van der Waals surface area contributed by atoms with Crippen molar-refractivity contribution in [2.75, 3.05) is 10.2 Å². The maximum Gasteiger partial charge on any atom is 0.0726 e. The molecule has 12 aromatic rings. The molecule has 0 bridgehead atoms. The first kappa shape index (κ1) is 51.7. The number of hydrogen-bond donors (Lipinski definition) is 1. The Kier molecular flexibility index (Phi) is 11.2. The molecule has 0 saturated carbocycles. The number of nitrogens with zero attached hydrogens (tertiary/aromatic N) is 1. The van der Waals surface area contributed by atoms with Gasteiger partial charge in [0.25, 0.3) is 0 Å². The van der Waals surface area contributed by atoms with E-state index in [0.29, 0.717) is 0 Å². The van der Waals surface area contributed by atoms with Gasteiger partial charge in [-0.05, 0) is 183 Å². The molecular weight excluding hydrogens is 1070 g/mol. The lowest BCUT2D eigenvalue weighted by molar-refractivity contribution is 0.649. The molecule has 1 N–H and O–H groups in total. The summed E-state index contributed by atoms with van der Waals surface area (Å²) >= 11 is 0. The number of hydrogen-bond acceptors (Lipinski definition) is 2. The van der Waals surface area contributed by atoms with Crippen LogP contribution in [0.25, 0.3) is 66.9 Å². The first-order chi connectivity index (χ1) is 43.7. The van der Waals surface area contributed by atoms with Gasteiger partial charge in [-0.1, -0.05) is 276 Å². The number of nitrogens with one attached hydrogen (secondary N) is 1. The molecule has 0 fully saturated rings. The van der Waals surface area contributed by atoms with Crippen LogP contribution in [0.4, 0.5) is 17.1 Å². The Hall–Kier alpha value is -10.5. The van der Waals surface area contributed by atoms with Crippen molar-refractivity contribution in [3.05, 3.63) is 375 Å². The number of rotatable bonds is 8. The van der Waals surface area contributed by atoms with Gasteiger partial charge >= 0.3 is 0 Å². The van der Waals surface area contributed by atoms with E-state index in [1.807, 2.05) is 0 Å². The Morgan fingerprint density at radius 1 is 0.382 bits per heavy atom. The van der Waals surface area contributed by atoms with Crippen LogP contribution in [-0.4, -0.2) is 0 Å². The molecule has 6 aliphatic rings. The number of fused-ring (bicyclic) bond motifs is 23. The minimum absolute atomic E-state index is 0.0464. The average molecular weight is 1140 g/mol. The number of benzene rings is 12. The van der Waals surface area contributed by atoms with Gasteiger partial charge in [0.15, 0.2) is 0 Å². The Morgan fingerprint density at radius 2 is 0.787 bits per heavy atom. The maximum absolute atomic E-state index is 4.21. The summed E-state index contributed by atoms with van der Waals surface area (Å²) in [6.07, 6.45) is 5.16. The molecule has 2 spiro atoms. The summed E-state index contributed by atoms with van der Waals surface area (Å²) in [5.74, 6) is 0.0464. The molecule has 2 unspecified atom stereocenters. The topological polar surface area (TPSA) is 15.3 Å². The van der Waals surface area contributed by atoms with Gasteiger partial charge in [0.2, 0.25) is 0 Å². The van der Waals surface area contributed by atoms with Crippen LogP contribution in [-0.2, 0) is 16.2 Å². The normalized spacial score (nSPS) is 17.1. The zero-order valence-electron chi connectivity index (χ0n) is 50.4. The maximum atomic E-state index is 4.21. The first-order valence-electron chi connectivity index (χ1n) is 31.7. The predicted molar refractivity (Wildman–Crippen MR) is 370 cm³/mol. The highest BCUT2D eigenvalue weighted by Gasteiger charge is 2.53. The quantitative estimate of drug-likeness (QED) is 0.163. The van der Waals surface area contributed by atoms with Gasteiger partial charge in [0, 0.05) is 40.0 Å². The molecule has 0 aliphatic heterocycles. The molecular formula is C87H64N2. The second kappa shape index (κ2) is 19.2. The molecule has 0 radical (unpaired) electrons. The third-order valence-electron chi connectivity index (χ3n) is 21.1. The Balaban J connectivity index is 0.865. The highest BCUT2D eigenvalue weighted by molar-refractivity contribution is 6.02. The minimum atomic E-state index is -0.531. The van der Waals surface area contributed by atoms with Crippen LogP contribution in [0, 0.1) is 5.92 Å². The second-order valence-corrected chi connectivity index (χ2v) is 25.9. The molecule has 2 nitrogen and oxygen atoms in total. The minimum Gasteiger partial charge on any atom is -0.378 e. The van der Waals surface area contributed by atoms with Gasteiger partial charge in [-0.15, -0.1) is 0 Å². The van der Waals surface area contributed by atoms with Crippen molar-refractivity contribution in [1.29, 1.82) is 0 Å². The fourth-order valence-corrected chi connectivity index (χ4v) is 17.3. The summed E-state index contributed by atoms with van der Waals surface area (Å²) in [5.41, 5.74) is 35.8. The van der Waals surface area contributed by atoms with Crippen LogP contribution in [0.1, 0.15) is 100 Å². The first-order valence-corrected chi connectivity index (χ1v) is 31.7. The van der Waals surface area contributed by atoms with Crippen LogP contribution < -0.4 is 10.2 Å². The number of allylic oxidation sites excluding steroid dienone is 5. The predicted octanol–water partition coefficient (Wildman–Crippen LogP) is 21.7. The lowest BCUT2D eigenvalue weighted by Crippen LogP contribution is -2.27. The Morgan fingerprint density at radius 3 is 1.31 bits per heavy atom. The van der Waals surface area contributed by atoms with E-state index in [1.54, 1.807) is 0 Å². The van der Waals surface area contributed by atoms with E-state index in [1.165, 1.54) is 145 Å². The van der Waals surface area contributed by atoms with Gasteiger partial charge in [-0.25, -0.2) is 0 Å². The van der Waals surface area contributed by atoms with E-state index >= 15 is 0 Å². The van der Waals surface area contributed by atoms with Crippen molar-refractivity contribution in [3.8, 4) is 55.6 Å². The zero-order chi connectivity index (χ0) is 59.3. The highest BCUT2D eigenvalue weighted by Crippen LogP contribution is 2.65. The lowest BCUT2D eigenvalue weighted by Gasteiger charge is -2.36. The summed E-state index contributed by atoms with van der Waals surface area (Å²) in [6, 6.07) is 108. The van der Waals surface area contributed by atoms with Crippen LogP contribution >= 0.6 is 0 Å². The van der Waals surface area contributed by atoms with E-state index in [0.717, 1.165) is 17.1 Å². The summed E-state index contributed by atoms with van der Waals surface area (Å²) in [5, 5.41) is 4.21. The summed E-state index contributed by atoms with van der Waals surface area (Å²) in [6.45, 7) is 9.60. The molecule has 2 atom stereocenters. The van der Waals surface area contributed by atoms with Crippen LogP contribution in [0.2, 0.25) is 0 Å². The van der Waals surface area contributed by atoms with Crippen LogP contribution in [0.15, 0.2) is 308 Å². The van der Waals surface area contributed by atoms with E-state index in [9.17, 15) is 0 Å². The van der Waals surface area contributed by atoms with Gasteiger partial charge < -0.3 is 10.2 Å². The molecule has 0 aromatic heterocycles. The fraction of sp³-hybridized carbons (Fsp3) is 0.103. The van der Waals surface area contributed by atoms with E-state index in [2.05, 4.69) is 335 Å². The summed E-state index contributed by atoms with van der Waals surface area (Å²) < 4.78 is 0. The van der Waals surface area contributed by atoms with Crippen molar-refractivity contribution >= 4 is 28.3 Å². The van der Waals surface area contributed by atoms with Crippen LogP contribution in [0.5, 0.6) is 0 Å². The Labute approximate surface area is 522 Å². The Bertz CT molecular complexity index is 4940. The third kappa shape index (κ3) is 7.09. The van der Waals surface area contributed by atoms with Gasteiger partial charge in [0.05, 0.1) is 16.5 Å². The summed E-state index contributed by atoms with van der Waals surface area (Å²) in [4.78, 5) is 2.63. The molecule has 0 heterocycles. The molecule has 6 aliphatic carbocycles. The van der Waals surface area contributed by atoms with E-state index in [-0.39, 0.29) is 17.4 Å². The molecule has 0 saturated heterocycles. The van der Waals surface area contributed by atoms with Crippen molar-refractivity contribution in [1.82, 2.24) is 0 Å². The largest absolute Gasteiger partial charge is 0.378 e. The molecule has 12 aromatic carbocycles. The third-order valence-corrected chi connectivity index (χ3v) is 21.1. The van der Waals surface area contributed by atoms with Crippen molar-refractivity contribution in [2.45, 2.75) is 50.0 Å². The fourth-order valence-electron chi connectivity index (χ4n) is 17.3. The molecule has 18 rings (SSSR count). The standard InChI is InChI=1S/C87H64N2/c1-54-50-81-73(68-33-10-17-35-74(68)85(81,3)4)53-72(54)84(71-34-9-8-26-61(71)55(2)88-58-44-48-69-66-31-15-22-40-79(66)86(82(69)51-58)75-36-18-11-27-62(75)63-28-12-19-37-76(63)86)89(59-45-42-57(43-46-59)56-24-6-5-7-25-56)60-47-49-70-67-32-16-23-41-80(67)87(83(70)52-60)77-38-20-13-29-64(77)65-30-14-21-39-78(65)87/h5-55,88H,1-4H3/b84-72+. The smallest absolute Gasteiger partial charge is 0.0726 e. The van der Waals surface area contributed by atoms with Crippen molar-refractivity contribution in [3.63, 3.8) is 0 Å². The van der Waals surface area contributed by atoms with Gasteiger partial charge in [0.1, 0.15) is 0 Å². The van der Waals surface area contributed by atoms with Crippen LogP contribution in [0.3, 0.4) is 0 Å². The second-order valence-electron chi connectivity index (χ2n) is 25.9. The SMILES string of the molecule is CC1C=C2C(=C/C1=C(/c1ccccc1C(C)Nc1ccc3c(c1)C1(c4ccccc4-c4ccccc41)c1ccccc1-3)N(c1ccc(-c3ccccc3)cc1)c1ccc3c(c1)C1(c4ccccc4-c4ccccc41)c1ccccc1-3)c1ccccc1C2(C)C. The molecule has 89 heavy (non-hydrogen) atoms.